The predicted molar refractivity (Wildman–Crippen MR) is 129 cm³/mol. The molecule has 0 atom stereocenters. The topological polar surface area (TPSA) is 36.4 Å². The lowest BCUT2D eigenvalue weighted by Crippen LogP contribution is -2.48. The lowest BCUT2D eigenvalue weighted by molar-refractivity contribution is -0.131. The smallest absolute Gasteiger partial charge is 0.223 e. The van der Waals surface area contributed by atoms with Crippen LogP contribution >= 0.6 is 34.7 Å². The molecule has 0 aliphatic carbocycles. The van der Waals surface area contributed by atoms with E-state index in [4.69, 9.17) is 16.6 Å². The van der Waals surface area contributed by atoms with Crippen LogP contribution in [0, 0.1) is 0 Å². The highest BCUT2D eigenvalue weighted by Gasteiger charge is 2.23. The third-order valence-corrected chi connectivity index (χ3v) is 7.71. The van der Waals surface area contributed by atoms with E-state index in [1.54, 1.807) is 23.1 Å². The molecule has 0 spiro atoms. The Bertz CT molecular complexity index is 1010. The van der Waals surface area contributed by atoms with E-state index in [2.05, 4.69) is 36.9 Å². The van der Waals surface area contributed by atoms with Crippen LogP contribution < -0.4 is 4.90 Å². The van der Waals surface area contributed by atoms with Crippen molar-refractivity contribution in [3.63, 3.8) is 0 Å². The number of nitrogens with zero attached hydrogens (tertiary/aromatic N) is 3. The van der Waals surface area contributed by atoms with Crippen molar-refractivity contribution in [3.8, 4) is 0 Å². The van der Waals surface area contributed by atoms with Gasteiger partial charge < -0.3 is 9.80 Å². The van der Waals surface area contributed by atoms with Crippen LogP contribution in [0.4, 0.5) is 5.13 Å². The summed E-state index contributed by atoms with van der Waals surface area (Å²) in [5.74, 6) is 1.49. The maximum atomic E-state index is 12.6. The maximum absolute atomic E-state index is 12.6. The Balaban J connectivity index is 1.30. The summed E-state index contributed by atoms with van der Waals surface area (Å²) in [7, 11) is 0. The van der Waals surface area contributed by atoms with E-state index in [1.165, 1.54) is 10.3 Å². The average molecular weight is 460 g/mol. The van der Waals surface area contributed by atoms with Crippen LogP contribution in [-0.4, -0.2) is 47.7 Å². The number of carbonyl (C=O) groups is 1. The van der Waals surface area contributed by atoms with Crippen LogP contribution in [0.1, 0.15) is 31.7 Å². The van der Waals surface area contributed by atoms with Crippen molar-refractivity contribution in [2.45, 2.75) is 31.1 Å². The predicted octanol–water partition coefficient (Wildman–Crippen LogP) is 5.90. The lowest BCUT2D eigenvalue weighted by atomic mass is 10.0. The second-order valence-electron chi connectivity index (χ2n) is 7.77. The molecule has 0 N–H and O–H groups in total. The highest BCUT2D eigenvalue weighted by Crippen LogP contribution is 2.33. The molecule has 0 bridgehead atoms. The quantitative estimate of drug-likeness (QED) is 0.430. The molecule has 4 rings (SSSR count). The first-order valence-electron chi connectivity index (χ1n) is 10.3. The van der Waals surface area contributed by atoms with Crippen LogP contribution in [0.2, 0.25) is 5.02 Å². The number of hydrogen-bond donors (Lipinski definition) is 0. The Morgan fingerprint density at radius 1 is 1.13 bits per heavy atom. The Morgan fingerprint density at radius 3 is 2.57 bits per heavy atom. The molecule has 3 aromatic rings. The molecule has 1 amide bonds. The third-order valence-electron chi connectivity index (χ3n) is 5.36. The molecule has 4 nitrogen and oxygen atoms in total. The molecular weight excluding hydrogens is 434 g/mol. The van der Waals surface area contributed by atoms with Gasteiger partial charge in [-0.3, -0.25) is 4.79 Å². The van der Waals surface area contributed by atoms with E-state index in [-0.39, 0.29) is 5.91 Å². The van der Waals surface area contributed by atoms with Gasteiger partial charge in [-0.25, -0.2) is 4.98 Å². The summed E-state index contributed by atoms with van der Waals surface area (Å²) in [6.45, 7) is 7.63. The number of aromatic nitrogens is 1. The fourth-order valence-electron chi connectivity index (χ4n) is 3.65. The van der Waals surface area contributed by atoms with Gasteiger partial charge in [-0.1, -0.05) is 48.9 Å². The van der Waals surface area contributed by atoms with E-state index in [0.29, 0.717) is 12.3 Å². The minimum Gasteiger partial charge on any atom is -0.345 e. The summed E-state index contributed by atoms with van der Waals surface area (Å²) in [4.78, 5) is 23.0. The molecule has 0 radical (unpaired) electrons. The van der Waals surface area contributed by atoms with Gasteiger partial charge in [0.25, 0.3) is 0 Å². The first-order valence-corrected chi connectivity index (χ1v) is 12.5. The lowest BCUT2D eigenvalue weighted by Gasteiger charge is -2.34. The van der Waals surface area contributed by atoms with Gasteiger partial charge in [0.2, 0.25) is 5.91 Å². The summed E-state index contributed by atoms with van der Waals surface area (Å²) in [6, 6.07) is 14.2. The van der Waals surface area contributed by atoms with E-state index in [0.717, 1.165) is 52.5 Å². The first-order chi connectivity index (χ1) is 14.5. The molecular formula is C23H26ClN3OS2. The van der Waals surface area contributed by atoms with Crippen molar-refractivity contribution in [1.82, 2.24) is 9.88 Å². The Kier molecular flexibility index (Phi) is 6.86. The fourth-order valence-corrected chi connectivity index (χ4v) is 5.67. The third kappa shape index (κ3) is 4.93. The molecule has 0 saturated carbocycles. The highest BCUT2D eigenvalue weighted by molar-refractivity contribution is 7.99. The summed E-state index contributed by atoms with van der Waals surface area (Å²) >= 11 is 9.38. The minimum atomic E-state index is 0.238. The normalized spacial score (nSPS) is 14.7. The Hall–Kier alpha value is -1.76. The molecule has 0 unspecified atom stereocenters. The van der Waals surface area contributed by atoms with Gasteiger partial charge in [-0.05, 0) is 41.8 Å². The van der Waals surface area contributed by atoms with E-state index < -0.39 is 0 Å². The molecule has 2 heterocycles. The van der Waals surface area contributed by atoms with Gasteiger partial charge in [0.15, 0.2) is 5.13 Å². The molecule has 1 aliphatic heterocycles. The number of carbonyl (C=O) groups excluding carboxylic acids is 1. The Morgan fingerprint density at radius 2 is 1.87 bits per heavy atom. The molecule has 1 fully saturated rings. The van der Waals surface area contributed by atoms with Gasteiger partial charge in [0.05, 0.1) is 10.2 Å². The fraction of sp³-hybridized carbons (Fsp3) is 0.391. The highest BCUT2D eigenvalue weighted by atomic mass is 35.5. The number of hydrogen-bond acceptors (Lipinski definition) is 5. The molecule has 7 heteroatoms. The number of para-hydroxylation sites is 1. The summed E-state index contributed by atoms with van der Waals surface area (Å²) in [5.41, 5.74) is 2.44. The van der Waals surface area contributed by atoms with E-state index in [9.17, 15) is 4.79 Å². The van der Waals surface area contributed by atoms with Crippen molar-refractivity contribution >= 4 is 56.0 Å². The van der Waals surface area contributed by atoms with Gasteiger partial charge >= 0.3 is 0 Å². The van der Waals surface area contributed by atoms with E-state index in [1.807, 2.05) is 29.2 Å². The van der Waals surface area contributed by atoms with Crippen LogP contribution in [-0.2, 0) is 4.79 Å². The maximum Gasteiger partial charge on any atom is 0.223 e. The van der Waals surface area contributed by atoms with Crippen LogP contribution in [0.5, 0.6) is 0 Å². The Labute approximate surface area is 191 Å². The number of piperazine rings is 1. The zero-order valence-corrected chi connectivity index (χ0v) is 19.7. The number of benzene rings is 2. The number of amides is 1. The number of halogens is 1. The molecule has 158 valence electrons. The number of fused-ring (bicyclic) bond motifs is 1. The van der Waals surface area contributed by atoms with E-state index >= 15 is 0 Å². The zero-order valence-electron chi connectivity index (χ0n) is 17.3. The van der Waals surface area contributed by atoms with Crippen molar-refractivity contribution in [1.29, 1.82) is 0 Å². The average Bonchev–Trinajstić information content (AvgIpc) is 3.19. The summed E-state index contributed by atoms with van der Waals surface area (Å²) in [5, 5.41) is 1.81. The van der Waals surface area contributed by atoms with Crippen molar-refractivity contribution < 1.29 is 4.79 Å². The van der Waals surface area contributed by atoms with Gasteiger partial charge in [0.1, 0.15) is 0 Å². The summed E-state index contributed by atoms with van der Waals surface area (Å²) in [6.07, 6.45) is 0.562. The number of anilines is 1. The van der Waals surface area contributed by atoms with Crippen LogP contribution in [0.15, 0.2) is 47.4 Å². The number of thiazole rings is 1. The molecule has 1 aliphatic rings. The second kappa shape index (κ2) is 9.58. The minimum absolute atomic E-state index is 0.238. The second-order valence-corrected chi connectivity index (χ2v) is 10.4. The van der Waals surface area contributed by atoms with Crippen LogP contribution in [0.25, 0.3) is 10.2 Å². The van der Waals surface area contributed by atoms with Gasteiger partial charge in [-0.2, -0.15) is 0 Å². The molecule has 2 aromatic carbocycles. The van der Waals surface area contributed by atoms with Gasteiger partial charge in [-0.15, -0.1) is 11.8 Å². The molecule has 30 heavy (non-hydrogen) atoms. The van der Waals surface area contributed by atoms with Crippen molar-refractivity contribution in [2.75, 3.05) is 36.8 Å². The summed E-state index contributed by atoms with van der Waals surface area (Å²) < 4.78 is 1.24. The van der Waals surface area contributed by atoms with Crippen LogP contribution in [0.3, 0.4) is 0 Å². The van der Waals surface area contributed by atoms with Crippen molar-refractivity contribution in [3.05, 3.63) is 53.1 Å². The van der Waals surface area contributed by atoms with Gasteiger partial charge in [0, 0.05) is 48.3 Å². The zero-order chi connectivity index (χ0) is 21.1. The number of thioether (sulfide) groups is 1. The SMILES string of the molecule is CC(C)c1cccc2sc(N3CCN(C(=O)CCSc4ccc(Cl)cc4)CC3)nc12. The monoisotopic (exact) mass is 459 g/mol. The standard InChI is InChI=1S/C23H26ClN3OS2/c1-16(2)19-4-3-5-20-22(19)25-23(30-20)27-13-11-26(12-14-27)21(28)10-15-29-18-8-6-17(24)7-9-18/h3-9,16H,10-15H2,1-2H3. The molecule has 1 saturated heterocycles. The number of rotatable bonds is 6. The largest absolute Gasteiger partial charge is 0.345 e. The van der Waals surface area contributed by atoms with Crippen molar-refractivity contribution in [2.24, 2.45) is 0 Å². The molecule has 1 aromatic heterocycles. The first kappa shape index (κ1) is 21.5.